The number of fused-ring (bicyclic) bond motifs is 4. The Bertz CT molecular complexity index is 7030. The van der Waals surface area contributed by atoms with E-state index in [1.807, 2.05) is 176 Å². The number of nitrogens with zero attached hydrogens (tertiary/aromatic N) is 2. The fourth-order valence-electron chi connectivity index (χ4n) is 17.6. The zero-order valence-electron chi connectivity index (χ0n) is 106. The first-order chi connectivity index (χ1) is 67.3. The predicted octanol–water partition coefficient (Wildman–Crippen LogP) is 35.6. The van der Waals surface area contributed by atoms with E-state index in [0.717, 1.165) is 55.6 Å². The van der Waals surface area contributed by atoms with Crippen LogP contribution in [0.2, 0.25) is 0 Å². The molecule has 0 saturated carbocycles. The van der Waals surface area contributed by atoms with E-state index in [2.05, 4.69) is 228 Å². The van der Waals surface area contributed by atoms with Crippen LogP contribution in [-0.2, 0) is 75.8 Å². The molecule has 686 valence electrons. The number of rotatable bonds is 9. The van der Waals surface area contributed by atoms with E-state index in [0.29, 0.717) is 50.3 Å². The van der Waals surface area contributed by atoms with Crippen molar-refractivity contribution in [1.29, 1.82) is 0 Å². The summed E-state index contributed by atoms with van der Waals surface area (Å²) in [6, 6.07) is 31.1. The zero-order valence-corrected chi connectivity index (χ0v) is 87.8. The molecule has 0 spiro atoms. The monoisotopic (exact) mass is 1760 g/mol. The predicted molar refractivity (Wildman–Crippen MR) is 580 cm³/mol. The first-order valence-corrected chi connectivity index (χ1v) is 47.8. The van der Waals surface area contributed by atoms with Crippen molar-refractivity contribution in [3.8, 4) is 77.9 Å². The van der Waals surface area contributed by atoms with Gasteiger partial charge in [0.25, 0.3) is 6.71 Å². The van der Waals surface area contributed by atoms with Gasteiger partial charge in [-0.2, -0.15) is 0 Å². The molecule has 14 rings (SSSR count). The molecule has 12 aromatic rings. The lowest BCUT2D eigenvalue weighted by Gasteiger charge is -2.46. The van der Waals surface area contributed by atoms with Crippen LogP contribution in [0.25, 0.3) is 77.9 Å². The van der Waals surface area contributed by atoms with Crippen molar-refractivity contribution in [3.63, 3.8) is 0 Å². The second kappa shape index (κ2) is 32.6. The van der Waals surface area contributed by atoms with Crippen LogP contribution in [0.3, 0.4) is 0 Å². The van der Waals surface area contributed by atoms with Gasteiger partial charge < -0.3 is 9.80 Å². The highest BCUT2D eigenvalue weighted by atomic mass is 15.2. The lowest BCUT2D eigenvalue weighted by molar-refractivity contribution is 0.568. The molecule has 12 aromatic carbocycles. The molecule has 0 radical (unpaired) electrons. The third kappa shape index (κ3) is 19.4. The minimum atomic E-state index is -1.21. The summed E-state index contributed by atoms with van der Waals surface area (Å²) < 4.78 is 200. The van der Waals surface area contributed by atoms with Gasteiger partial charge in [0, 0.05) is 45.0 Å². The molecule has 2 heterocycles. The van der Waals surface area contributed by atoms with Crippen molar-refractivity contribution in [3.05, 3.63) is 290 Å². The molecule has 0 bridgehead atoms. The van der Waals surface area contributed by atoms with E-state index >= 15 is 0 Å². The summed E-state index contributed by atoms with van der Waals surface area (Å²) in [6.45, 7) is 84.1. The highest BCUT2D eigenvalue weighted by Gasteiger charge is 2.48. The molecule has 2 aliphatic heterocycles. The van der Waals surface area contributed by atoms with Gasteiger partial charge in [-0.1, -0.05) is 454 Å². The summed E-state index contributed by atoms with van der Waals surface area (Å²) in [6.07, 6.45) is 0. The van der Waals surface area contributed by atoms with Gasteiger partial charge in [-0.15, -0.1) is 0 Å². The molecule has 131 heavy (non-hydrogen) atoms. The molecule has 0 saturated heterocycles. The van der Waals surface area contributed by atoms with Gasteiger partial charge in [0.05, 0.1) is 36.0 Å². The molecular formula is C128H161BN2. The molecule has 2 nitrogen and oxygen atoms in total. The Kier molecular flexibility index (Phi) is 18.8. The summed E-state index contributed by atoms with van der Waals surface area (Å²) in [5, 5.41) is 0. The Morgan fingerprint density at radius 3 is 0.664 bits per heavy atom. The number of anilines is 6. The van der Waals surface area contributed by atoms with Gasteiger partial charge in [0.2, 0.25) is 0 Å². The lowest BCUT2D eigenvalue weighted by Crippen LogP contribution is -2.61. The maximum Gasteiger partial charge on any atom is 0.252 e. The summed E-state index contributed by atoms with van der Waals surface area (Å²) >= 11 is 0. The molecular weight excluding hydrogens is 1580 g/mol. The molecule has 0 fully saturated rings. The van der Waals surface area contributed by atoms with Crippen molar-refractivity contribution in [2.75, 3.05) is 9.80 Å². The second-order valence-corrected chi connectivity index (χ2v) is 52.4. The van der Waals surface area contributed by atoms with Gasteiger partial charge in [-0.3, -0.25) is 0 Å². The Hall–Kier alpha value is -9.70. The van der Waals surface area contributed by atoms with E-state index < -0.39 is 107 Å². The average molecular weight is 1760 g/mol. The molecule has 3 heteroatoms. The highest BCUT2D eigenvalue weighted by Crippen LogP contribution is 2.59. The van der Waals surface area contributed by atoms with E-state index in [-0.39, 0.29) is 185 Å². The van der Waals surface area contributed by atoms with Gasteiger partial charge in [-0.05, 0) is 274 Å². The summed E-state index contributed by atoms with van der Waals surface area (Å²) in [4.78, 5) is 4.05. The molecule has 0 amide bonds. The first-order valence-electron chi connectivity index (χ1n) is 56.8. The van der Waals surface area contributed by atoms with Gasteiger partial charge in [-0.25, -0.2) is 0 Å². The molecule has 0 aliphatic carbocycles. The Morgan fingerprint density at radius 2 is 0.412 bits per heavy atom. The van der Waals surface area contributed by atoms with Crippen LogP contribution in [-0.4, -0.2) is 6.71 Å². The fourth-order valence-corrected chi connectivity index (χ4v) is 17.6. The van der Waals surface area contributed by atoms with Crippen LogP contribution in [0, 0.1) is 0 Å². The van der Waals surface area contributed by atoms with Crippen LogP contribution in [0.5, 0.6) is 0 Å². The van der Waals surface area contributed by atoms with Crippen molar-refractivity contribution in [2.45, 2.75) is 367 Å². The zero-order chi connectivity index (χ0) is 113. The van der Waals surface area contributed by atoms with Gasteiger partial charge in [0.15, 0.2) is 0 Å². The van der Waals surface area contributed by atoms with Crippen LogP contribution in [0.15, 0.2) is 212 Å². The molecule has 0 atom stereocenters. The fraction of sp³-hybridized carbons (Fsp3) is 0.438. The van der Waals surface area contributed by atoms with Crippen molar-refractivity contribution in [2.24, 2.45) is 0 Å². The summed E-state index contributed by atoms with van der Waals surface area (Å²) in [5.41, 5.74) is 2.75. The summed E-state index contributed by atoms with van der Waals surface area (Å²) in [5.74, 6) is 0. The minimum absolute atomic E-state index is 0.00106. The largest absolute Gasteiger partial charge is 0.310 e. The highest BCUT2D eigenvalue weighted by molar-refractivity contribution is 7.00. The number of hydrogen-bond acceptors (Lipinski definition) is 2. The number of hydrogen-bond donors (Lipinski definition) is 0. The minimum Gasteiger partial charge on any atom is -0.310 e. The molecule has 2 aliphatic rings. The van der Waals surface area contributed by atoms with E-state index in [1.54, 1.807) is 0 Å². The van der Waals surface area contributed by atoms with Crippen molar-refractivity contribution >= 4 is 57.2 Å². The van der Waals surface area contributed by atoms with Gasteiger partial charge >= 0.3 is 0 Å². The van der Waals surface area contributed by atoms with Crippen molar-refractivity contribution in [1.82, 2.24) is 0 Å². The van der Waals surface area contributed by atoms with Crippen LogP contribution < -0.4 is 26.2 Å². The topological polar surface area (TPSA) is 6.48 Å². The van der Waals surface area contributed by atoms with E-state index in [4.69, 9.17) is 0 Å². The van der Waals surface area contributed by atoms with Gasteiger partial charge in [0.1, 0.15) is 0 Å². The number of benzene rings is 12. The smallest absolute Gasteiger partial charge is 0.252 e. The molecule has 0 N–H and O–H groups in total. The maximum absolute atomic E-state index is 11.9. The second-order valence-electron chi connectivity index (χ2n) is 52.4. The third-order valence-corrected chi connectivity index (χ3v) is 26.3. The Balaban J connectivity index is 1.45. The molecule has 0 aromatic heterocycles. The lowest BCUT2D eigenvalue weighted by atomic mass is 9.33. The molecule has 0 unspecified atom stereocenters. The Labute approximate surface area is 821 Å². The van der Waals surface area contributed by atoms with E-state index in [1.165, 1.54) is 0 Å². The first kappa shape index (κ1) is 75.7. The third-order valence-electron chi connectivity index (χ3n) is 26.3. The average Bonchev–Trinajstić information content (AvgIpc) is 0.673. The Morgan fingerprint density at radius 1 is 0.183 bits per heavy atom. The normalized spacial score (nSPS) is 16.1. The maximum atomic E-state index is 11.9. The van der Waals surface area contributed by atoms with E-state index in [9.17, 15) is 24.7 Å². The quantitative estimate of drug-likeness (QED) is 0.133. The van der Waals surface area contributed by atoms with Crippen LogP contribution in [0.1, 0.15) is 393 Å². The van der Waals surface area contributed by atoms with Crippen LogP contribution >= 0.6 is 0 Å². The SMILES string of the molecule is [2H]c1c([2H])c(C(C)(C)C)c([2H])c([2H])c1-c1c([2H])c(C(C)(C)C)c([2H])c(-c2c([2H])c([2H])c(C(C)(C)C)c([2H])c2C(C)(C)C)c1N1c2cc(-c3cc(C(C)(C)C)cc(C(C)(C)C)c3)ccc2B2c3ccc(-c4cc(C(C)(C)C)cc(C(C)(C)C)c4)cc3N(c3c(-c4c([2H])c([2H])c(C(C)(C)C)c([2H])c4[2H])c([2H])c(C(C)(C)C)c([2H])c3-c3c([2H])c([2H])c(C(C)(C)C)c([2H])c3C(C)(C)C)c3cc(-c4cc(C(C)(C)C)cc(C(C)(C)C)c4)cc1c32. The summed E-state index contributed by atoms with van der Waals surface area (Å²) in [7, 11) is 0. The van der Waals surface area contributed by atoms with Crippen molar-refractivity contribution < 1.29 is 24.7 Å². The standard InChI is InChI=1S/C128H161BN2/c1-115(2,3)86-49-43-78(44-50-86)100-72-96(125(31,32)33)74-102(98-55-53-88(117(7,8)9)76-104(98)127(37,38)39)113(100)130-108-65-80(82-59-90(119(13,14)15)69-91(60-82)120(16,17)18)47-57-106(108)129-107-58-48-81(83-61-92(121(19,20)21)70-93(62-83)122(22,23)24)66-109(107)131(111-68-85(67-110(130)112(111)129)84-63-94(123(25,26)27)71-95(64-84)124(28,29)30)114-101(79-45-51-87(52-46-79)116(4,5)6)73-97(126(34,35)36)75-103(114)99-56-54-89(118(10,11)12)77-105(99)128(40,41)42/h43-77H,1-42H3/i43D,44D,45D,46D,49D,50D,51D,52D,53D,54D,55D,56D,72D,73D,74D,75D,76D,77D. The van der Waals surface area contributed by atoms with Crippen LogP contribution in [0.4, 0.5) is 34.1 Å².